The number of aliphatic hydroxyl groups is 1. The summed E-state index contributed by atoms with van der Waals surface area (Å²) >= 11 is 2.57. The highest BCUT2D eigenvalue weighted by molar-refractivity contribution is 8.00. The van der Waals surface area contributed by atoms with Gasteiger partial charge in [0.05, 0.1) is 28.7 Å². The van der Waals surface area contributed by atoms with Gasteiger partial charge in [0, 0.05) is 17.7 Å². The number of rotatable bonds is 6. The fraction of sp³-hybridized carbons (Fsp3) is 0.412. The molecule has 2 aliphatic rings. The van der Waals surface area contributed by atoms with Crippen LogP contribution < -0.4 is 5.73 Å². The molecule has 4 heterocycles. The van der Waals surface area contributed by atoms with Crippen LogP contribution in [0.25, 0.3) is 10.4 Å². The maximum absolute atomic E-state index is 12.5. The average molecular weight is 422 g/mol. The van der Waals surface area contributed by atoms with Crippen LogP contribution in [0.4, 0.5) is 0 Å². The fourth-order valence-corrected chi connectivity index (χ4v) is 6.08. The molecule has 0 spiro atoms. The van der Waals surface area contributed by atoms with Crippen molar-refractivity contribution in [2.75, 3.05) is 5.75 Å². The number of carboxylic acids is 1. The number of aromatic nitrogens is 2. The van der Waals surface area contributed by atoms with E-state index >= 15 is 0 Å². The second kappa shape index (κ2) is 6.61. The number of hydrogen-bond acceptors (Lipinski definition) is 7. The normalized spacial score (nSPS) is 25.2. The van der Waals surface area contributed by atoms with Gasteiger partial charge in [0.2, 0.25) is 11.8 Å². The first kappa shape index (κ1) is 19.0. The van der Waals surface area contributed by atoms with E-state index in [9.17, 15) is 24.6 Å². The molecule has 4 rings (SSSR count). The lowest BCUT2D eigenvalue weighted by Gasteiger charge is -2.46. The largest absolute Gasteiger partial charge is 0.477 e. The Hall–Kier alpha value is -2.37. The number of hydrogen-bond donors (Lipinski definition) is 3. The molecule has 2 amide bonds. The van der Waals surface area contributed by atoms with Crippen molar-refractivity contribution in [3.8, 4) is 0 Å². The summed E-state index contributed by atoms with van der Waals surface area (Å²) in [5.41, 5.74) is 5.75. The molecule has 0 radical (unpaired) electrons. The molecule has 1 fully saturated rings. The number of thiazole rings is 1. The number of thioether (sulfide) groups is 1. The number of carboxylic acid groups (broad SMARTS) is 1. The number of imidazole rings is 1. The molecule has 0 aliphatic carbocycles. The third-order valence-electron chi connectivity index (χ3n) is 5.17. The van der Waals surface area contributed by atoms with Crippen molar-refractivity contribution in [1.29, 1.82) is 0 Å². The van der Waals surface area contributed by atoms with Gasteiger partial charge in [0.25, 0.3) is 0 Å². The number of carbonyl (C=O) groups excluding carboxylic acids is 2. The summed E-state index contributed by atoms with van der Waals surface area (Å²) in [5.74, 6) is -2.71. The standard InChI is InChI=1S/C17H18N4O5S2/c1-6-10(13(17(25)26)21-12(6)11(7(2)22)15(21)24)8-3-20-5-19-14(16(20)28-8)27-4-9(18)23/h3,5-7,11-12,22H,4H2,1-2H3,(H2,18,23)(H,25,26)/t6-,7+,11+,12+/m0/s1. The third-order valence-corrected chi connectivity index (χ3v) is 7.44. The summed E-state index contributed by atoms with van der Waals surface area (Å²) in [4.78, 5) is 42.5. The Morgan fingerprint density at radius 2 is 2.18 bits per heavy atom. The van der Waals surface area contributed by atoms with Crippen molar-refractivity contribution in [3.63, 3.8) is 0 Å². The van der Waals surface area contributed by atoms with Gasteiger partial charge in [-0.25, -0.2) is 9.78 Å². The lowest BCUT2D eigenvalue weighted by atomic mass is 9.77. The molecule has 11 heteroatoms. The van der Waals surface area contributed by atoms with E-state index in [1.54, 1.807) is 23.8 Å². The second-order valence-corrected chi connectivity index (χ2v) is 8.93. The minimum Gasteiger partial charge on any atom is -0.477 e. The zero-order valence-electron chi connectivity index (χ0n) is 15.0. The zero-order valence-corrected chi connectivity index (χ0v) is 16.7. The number of nitrogens with zero attached hydrogens (tertiary/aromatic N) is 3. The van der Waals surface area contributed by atoms with Crippen molar-refractivity contribution in [1.82, 2.24) is 14.3 Å². The monoisotopic (exact) mass is 422 g/mol. The molecule has 4 N–H and O–H groups in total. The molecule has 148 valence electrons. The number of primary amides is 1. The van der Waals surface area contributed by atoms with Gasteiger partial charge >= 0.3 is 5.97 Å². The summed E-state index contributed by atoms with van der Waals surface area (Å²) in [6.07, 6.45) is 2.53. The highest BCUT2D eigenvalue weighted by atomic mass is 32.2. The second-order valence-electron chi connectivity index (χ2n) is 6.93. The number of amides is 2. The summed E-state index contributed by atoms with van der Waals surface area (Å²) in [6.45, 7) is 3.43. The van der Waals surface area contributed by atoms with Crippen LogP contribution in [-0.2, 0) is 14.4 Å². The Morgan fingerprint density at radius 3 is 2.79 bits per heavy atom. The molecule has 9 nitrogen and oxygen atoms in total. The predicted octanol–water partition coefficient (Wildman–Crippen LogP) is 0.626. The minimum absolute atomic E-state index is 0.0248. The summed E-state index contributed by atoms with van der Waals surface area (Å²) in [6, 6.07) is -0.364. The van der Waals surface area contributed by atoms with Gasteiger partial charge in [-0.3, -0.25) is 14.0 Å². The lowest BCUT2D eigenvalue weighted by Crippen LogP contribution is -2.63. The van der Waals surface area contributed by atoms with E-state index in [4.69, 9.17) is 5.73 Å². The number of nitrogens with two attached hydrogens (primary N) is 1. The van der Waals surface area contributed by atoms with Gasteiger partial charge in [0.1, 0.15) is 21.9 Å². The van der Waals surface area contributed by atoms with Gasteiger partial charge < -0.3 is 20.8 Å². The molecular formula is C17H18N4O5S2. The molecule has 0 saturated carbocycles. The van der Waals surface area contributed by atoms with Gasteiger partial charge in [-0.2, -0.15) is 0 Å². The molecule has 1 saturated heterocycles. The van der Waals surface area contributed by atoms with Gasteiger partial charge in [0.15, 0.2) is 0 Å². The Balaban J connectivity index is 1.76. The van der Waals surface area contributed by atoms with Crippen LogP contribution in [0.1, 0.15) is 18.7 Å². The van der Waals surface area contributed by atoms with E-state index in [-0.39, 0.29) is 29.3 Å². The first-order chi connectivity index (χ1) is 13.2. The minimum atomic E-state index is -1.17. The maximum Gasteiger partial charge on any atom is 0.352 e. The third kappa shape index (κ3) is 2.65. The molecule has 0 aromatic carbocycles. The number of aliphatic carboxylic acids is 1. The van der Waals surface area contributed by atoms with Crippen LogP contribution in [0.15, 0.2) is 23.2 Å². The van der Waals surface area contributed by atoms with Crippen LogP contribution in [0, 0.1) is 11.8 Å². The van der Waals surface area contributed by atoms with Crippen molar-refractivity contribution in [2.45, 2.75) is 31.0 Å². The fourth-order valence-electron chi connectivity index (χ4n) is 4.03. The smallest absolute Gasteiger partial charge is 0.352 e. The van der Waals surface area contributed by atoms with Crippen LogP contribution in [0.2, 0.25) is 0 Å². The topological polar surface area (TPSA) is 138 Å². The van der Waals surface area contributed by atoms with E-state index in [1.165, 1.54) is 28.0 Å². The Morgan fingerprint density at radius 1 is 1.46 bits per heavy atom. The van der Waals surface area contributed by atoms with Crippen molar-refractivity contribution < 1.29 is 24.6 Å². The number of carbonyl (C=O) groups is 3. The highest BCUT2D eigenvalue weighted by Gasteiger charge is 2.60. The molecule has 2 aromatic rings. The van der Waals surface area contributed by atoms with Gasteiger partial charge in [-0.15, -0.1) is 11.3 Å². The van der Waals surface area contributed by atoms with Crippen LogP contribution in [0.3, 0.4) is 0 Å². The van der Waals surface area contributed by atoms with E-state index < -0.39 is 23.9 Å². The quantitative estimate of drug-likeness (QED) is 0.458. The van der Waals surface area contributed by atoms with E-state index in [0.717, 1.165) is 9.71 Å². The van der Waals surface area contributed by atoms with Crippen molar-refractivity contribution in [2.24, 2.45) is 17.6 Å². The molecular weight excluding hydrogens is 404 g/mol. The molecule has 28 heavy (non-hydrogen) atoms. The van der Waals surface area contributed by atoms with Crippen LogP contribution in [-0.4, -0.2) is 60.2 Å². The van der Waals surface area contributed by atoms with Gasteiger partial charge in [-0.1, -0.05) is 18.7 Å². The first-order valence-electron chi connectivity index (χ1n) is 8.59. The summed E-state index contributed by atoms with van der Waals surface area (Å²) < 4.78 is 1.77. The first-order valence-corrected chi connectivity index (χ1v) is 10.4. The number of β-lactam (4-membered cyclic amide) rings is 1. The Kier molecular flexibility index (Phi) is 4.47. The van der Waals surface area contributed by atoms with Gasteiger partial charge in [-0.05, 0) is 6.92 Å². The predicted molar refractivity (Wildman–Crippen MR) is 103 cm³/mol. The van der Waals surface area contributed by atoms with E-state index in [0.29, 0.717) is 10.6 Å². The zero-order chi connectivity index (χ0) is 20.3. The molecule has 0 unspecified atom stereocenters. The highest BCUT2D eigenvalue weighted by Crippen LogP contribution is 2.51. The Labute approximate surface area is 167 Å². The lowest BCUT2D eigenvalue weighted by molar-refractivity contribution is -0.163. The maximum atomic E-state index is 12.5. The average Bonchev–Trinajstić information content (AvgIpc) is 3.22. The summed E-state index contributed by atoms with van der Waals surface area (Å²) in [7, 11) is 0. The van der Waals surface area contributed by atoms with E-state index in [1.807, 2.05) is 6.92 Å². The molecule has 4 atom stereocenters. The summed E-state index contributed by atoms with van der Waals surface area (Å²) in [5, 5.41) is 20.4. The van der Waals surface area contributed by atoms with E-state index in [2.05, 4.69) is 4.98 Å². The van der Waals surface area contributed by atoms with Crippen LogP contribution in [0.5, 0.6) is 0 Å². The Bertz CT molecular complexity index is 1040. The molecule has 0 bridgehead atoms. The van der Waals surface area contributed by atoms with Crippen LogP contribution >= 0.6 is 23.1 Å². The molecule has 2 aromatic heterocycles. The number of aliphatic hydroxyl groups excluding tert-OH is 1. The molecule has 2 aliphatic heterocycles. The number of fused-ring (bicyclic) bond motifs is 2. The SMILES string of the molecule is C[C@@H](O)[C@H]1C(=O)N2C(C(=O)O)=C(c3cn4cnc(SCC(N)=O)c4s3)[C@H](C)[C@H]12. The van der Waals surface area contributed by atoms with Crippen molar-refractivity contribution >= 4 is 51.3 Å². The van der Waals surface area contributed by atoms with Crippen molar-refractivity contribution in [3.05, 3.63) is 23.1 Å².